The van der Waals surface area contributed by atoms with Crippen molar-refractivity contribution < 1.29 is 22.7 Å². The zero-order valence-electron chi connectivity index (χ0n) is 21.0. The van der Waals surface area contributed by atoms with Crippen LogP contribution in [0.2, 0.25) is 0 Å². The number of anilines is 1. The zero-order chi connectivity index (χ0) is 25.8. The molecule has 35 heavy (non-hydrogen) atoms. The third-order valence-electron chi connectivity index (χ3n) is 6.17. The second-order valence-electron chi connectivity index (χ2n) is 8.96. The average molecular weight is 503 g/mol. The number of ether oxygens (including phenoxy) is 1. The van der Waals surface area contributed by atoms with Crippen molar-refractivity contribution >= 4 is 27.5 Å². The Balaban J connectivity index is 1.56. The van der Waals surface area contributed by atoms with Gasteiger partial charge < -0.3 is 20.3 Å². The molecule has 2 N–H and O–H groups in total. The SMILES string of the molecule is COc1cc(C)c(S(=O)(=O)N(C)CC(=O)NCC(=O)Nc2ccc3c(c2)CCN(C)CC3)c(C)c1. The Kier molecular flexibility index (Phi) is 8.52. The van der Waals surface area contributed by atoms with E-state index in [1.54, 1.807) is 26.0 Å². The molecule has 0 saturated heterocycles. The Bertz CT molecular complexity index is 1190. The number of sulfonamides is 1. The first kappa shape index (κ1) is 26.7. The molecule has 0 unspecified atom stereocenters. The summed E-state index contributed by atoms with van der Waals surface area (Å²) < 4.78 is 32.3. The van der Waals surface area contributed by atoms with Gasteiger partial charge in [0.2, 0.25) is 21.8 Å². The van der Waals surface area contributed by atoms with Crippen LogP contribution in [0.15, 0.2) is 35.2 Å². The molecule has 0 aromatic heterocycles. The van der Waals surface area contributed by atoms with Gasteiger partial charge in [-0.1, -0.05) is 6.07 Å². The number of methoxy groups -OCH3 is 1. The lowest BCUT2D eigenvalue weighted by atomic mass is 10.0. The molecule has 190 valence electrons. The maximum Gasteiger partial charge on any atom is 0.243 e. The molecule has 1 aliphatic heterocycles. The molecule has 1 heterocycles. The Morgan fingerprint density at radius 2 is 1.66 bits per heavy atom. The maximum absolute atomic E-state index is 13.1. The number of benzene rings is 2. The van der Waals surface area contributed by atoms with Gasteiger partial charge in [-0.15, -0.1) is 0 Å². The summed E-state index contributed by atoms with van der Waals surface area (Å²) in [5.41, 5.74) is 4.24. The summed E-state index contributed by atoms with van der Waals surface area (Å²) in [5, 5.41) is 5.30. The van der Waals surface area contributed by atoms with Crippen molar-refractivity contribution in [3.8, 4) is 5.75 Å². The monoisotopic (exact) mass is 502 g/mol. The van der Waals surface area contributed by atoms with Crippen LogP contribution in [0.5, 0.6) is 5.75 Å². The predicted octanol–water partition coefficient (Wildman–Crippen LogP) is 1.72. The third-order valence-corrected chi connectivity index (χ3v) is 8.28. The van der Waals surface area contributed by atoms with Gasteiger partial charge in [0.05, 0.1) is 25.1 Å². The average Bonchev–Trinajstić information content (AvgIpc) is 2.98. The second kappa shape index (κ2) is 11.2. The van der Waals surface area contributed by atoms with E-state index in [9.17, 15) is 18.0 Å². The van der Waals surface area contributed by atoms with E-state index in [1.165, 1.54) is 25.3 Å². The minimum atomic E-state index is -3.91. The summed E-state index contributed by atoms with van der Waals surface area (Å²) in [6, 6.07) is 9.15. The summed E-state index contributed by atoms with van der Waals surface area (Å²) >= 11 is 0. The minimum Gasteiger partial charge on any atom is -0.497 e. The van der Waals surface area contributed by atoms with E-state index in [1.807, 2.05) is 18.2 Å². The lowest BCUT2D eigenvalue weighted by molar-refractivity contribution is -0.124. The molecule has 2 amide bonds. The van der Waals surface area contributed by atoms with Gasteiger partial charge in [0, 0.05) is 25.8 Å². The van der Waals surface area contributed by atoms with Gasteiger partial charge in [-0.05, 0) is 80.3 Å². The zero-order valence-corrected chi connectivity index (χ0v) is 21.8. The van der Waals surface area contributed by atoms with Gasteiger partial charge in [0.15, 0.2) is 0 Å². The van der Waals surface area contributed by atoms with Crippen molar-refractivity contribution in [3.63, 3.8) is 0 Å². The summed E-state index contributed by atoms with van der Waals surface area (Å²) in [6.45, 7) is 4.67. The van der Waals surface area contributed by atoms with Crippen LogP contribution in [0, 0.1) is 13.8 Å². The number of rotatable bonds is 8. The van der Waals surface area contributed by atoms with Crippen LogP contribution >= 0.6 is 0 Å². The van der Waals surface area contributed by atoms with Crippen molar-refractivity contribution in [3.05, 3.63) is 52.6 Å². The number of nitrogens with one attached hydrogen (secondary N) is 2. The van der Waals surface area contributed by atoms with Crippen molar-refractivity contribution in [1.82, 2.24) is 14.5 Å². The largest absolute Gasteiger partial charge is 0.497 e. The molecule has 0 fully saturated rings. The summed E-state index contributed by atoms with van der Waals surface area (Å²) in [4.78, 5) is 27.2. The number of hydrogen-bond acceptors (Lipinski definition) is 6. The number of carbonyl (C=O) groups excluding carboxylic acids is 2. The first-order chi connectivity index (χ1) is 16.5. The van der Waals surface area contributed by atoms with Crippen LogP contribution < -0.4 is 15.4 Å². The van der Waals surface area contributed by atoms with E-state index in [-0.39, 0.29) is 17.3 Å². The summed E-state index contributed by atoms with van der Waals surface area (Å²) in [7, 11) is 1.04. The van der Waals surface area contributed by atoms with Crippen LogP contribution in [-0.2, 0) is 32.5 Å². The smallest absolute Gasteiger partial charge is 0.243 e. The summed E-state index contributed by atoms with van der Waals surface area (Å²) in [6.07, 6.45) is 1.89. The molecule has 2 aromatic carbocycles. The lowest BCUT2D eigenvalue weighted by Crippen LogP contribution is -2.41. The van der Waals surface area contributed by atoms with Gasteiger partial charge in [-0.3, -0.25) is 9.59 Å². The second-order valence-corrected chi connectivity index (χ2v) is 10.9. The lowest BCUT2D eigenvalue weighted by Gasteiger charge is -2.20. The van der Waals surface area contributed by atoms with Gasteiger partial charge in [-0.25, -0.2) is 8.42 Å². The molecule has 1 aliphatic rings. The fourth-order valence-electron chi connectivity index (χ4n) is 4.23. The molecule has 9 nitrogen and oxygen atoms in total. The van der Waals surface area contributed by atoms with E-state index >= 15 is 0 Å². The van der Waals surface area contributed by atoms with Gasteiger partial charge >= 0.3 is 0 Å². The van der Waals surface area contributed by atoms with E-state index in [4.69, 9.17) is 4.74 Å². The van der Waals surface area contributed by atoms with E-state index in [2.05, 4.69) is 22.6 Å². The molecule has 10 heteroatoms. The molecule has 2 aromatic rings. The number of likely N-dealkylation sites (N-methyl/N-ethyl adjacent to an activating group) is 2. The highest BCUT2D eigenvalue weighted by Gasteiger charge is 2.27. The number of nitrogens with zero attached hydrogens (tertiary/aromatic N) is 2. The highest BCUT2D eigenvalue weighted by atomic mass is 32.2. The predicted molar refractivity (Wildman–Crippen MR) is 135 cm³/mol. The Morgan fingerprint density at radius 3 is 2.29 bits per heavy atom. The molecule has 0 saturated carbocycles. The van der Waals surface area contributed by atoms with Crippen molar-refractivity contribution in [1.29, 1.82) is 0 Å². The summed E-state index contributed by atoms with van der Waals surface area (Å²) in [5.74, 6) is -0.386. The highest BCUT2D eigenvalue weighted by molar-refractivity contribution is 7.89. The molecule has 0 aliphatic carbocycles. The normalized spacial score (nSPS) is 14.2. The van der Waals surface area contributed by atoms with Crippen LogP contribution in [-0.4, -0.2) is 76.8 Å². The number of carbonyl (C=O) groups is 2. The maximum atomic E-state index is 13.1. The molecule has 3 rings (SSSR count). The number of aryl methyl sites for hydroxylation is 2. The van der Waals surface area contributed by atoms with Gasteiger partial charge in [0.1, 0.15) is 5.75 Å². The van der Waals surface area contributed by atoms with Crippen LogP contribution in [0.1, 0.15) is 22.3 Å². The fraction of sp³-hybridized carbons (Fsp3) is 0.440. The van der Waals surface area contributed by atoms with Crippen LogP contribution in [0.4, 0.5) is 5.69 Å². The van der Waals surface area contributed by atoms with E-state index in [0.717, 1.165) is 30.2 Å². The van der Waals surface area contributed by atoms with E-state index < -0.39 is 22.5 Å². The first-order valence-corrected chi connectivity index (χ1v) is 12.9. The molecular formula is C25H34N4O5S. The first-order valence-electron chi connectivity index (χ1n) is 11.5. The van der Waals surface area contributed by atoms with Crippen molar-refractivity contribution in [2.75, 3.05) is 52.7 Å². The standard InChI is InChI=1S/C25H34N4O5S/c1-17-12-22(34-5)13-18(2)25(17)35(32,33)29(4)16-24(31)26-15-23(30)27-21-7-6-19-8-10-28(3)11-9-20(19)14-21/h6-7,12-14H,8-11,15-16H2,1-5H3,(H,26,31)(H,27,30). The van der Waals surface area contributed by atoms with Crippen molar-refractivity contribution in [2.24, 2.45) is 0 Å². The molecule has 0 atom stereocenters. The van der Waals surface area contributed by atoms with Crippen molar-refractivity contribution in [2.45, 2.75) is 31.6 Å². The van der Waals surface area contributed by atoms with E-state index in [0.29, 0.717) is 22.6 Å². The molecule has 0 spiro atoms. The quantitative estimate of drug-likeness (QED) is 0.569. The van der Waals surface area contributed by atoms with Crippen LogP contribution in [0.3, 0.4) is 0 Å². The third kappa shape index (κ3) is 6.59. The Morgan fingerprint density at radius 1 is 1.03 bits per heavy atom. The Hall–Kier alpha value is -2.95. The van der Waals surface area contributed by atoms with Gasteiger partial charge in [0.25, 0.3) is 0 Å². The molecular weight excluding hydrogens is 468 g/mol. The number of hydrogen-bond donors (Lipinski definition) is 2. The minimum absolute atomic E-state index is 0.140. The molecule has 0 radical (unpaired) electrons. The topological polar surface area (TPSA) is 108 Å². The Labute approximate surface area is 207 Å². The number of amides is 2. The van der Waals surface area contributed by atoms with Gasteiger partial charge in [-0.2, -0.15) is 4.31 Å². The number of fused-ring (bicyclic) bond motifs is 1. The van der Waals surface area contributed by atoms with Crippen LogP contribution in [0.25, 0.3) is 0 Å². The highest BCUT2D eigenvalue weighted by Crippen LogP contribution is 2.27. The molecule has 0 bridgehead atoms. The fourth-order valence-corrected chi connectivity index (χ4v) is 5.76.